The van der Waals surface area contributed by atoms with Crippen molar-refractivity contribution in [3.8, 4) is 0 Å². The maximum absolute atomic E-state index is 13.6. The molecule has 13 heteroatoms. The third-order valence-corrected chi connectivity index (χ3v) is 12.2. The van der Waals surface area contributed by atoms with E-state index in [2.05, 4.69) is 0 Å². The Morgan fingerprint density at radius 1 is 0.583 bits per heavy atom. The SMILES string of the molecule is CO[C@H]1O[C@@H]2COC(c3ccccc3)O[C@H]2[C@H](OCc2ccccc2)[C@@H]1O[C@H]1O[C@H](COS(=O)(=O)c2ccccc2C)[C@H](OCc2ccccc2)[C@H]1OCc1ccccc1. The van der Waals surface area contributed by atoms with Gasteiger partial charge in [0.2, 0.25) is 0 Å². The van der Waals surface area contributed by atoms with Crippen LogP contribution in [0.5, 0.6) is 0 Å². The first kappa shape index (κ1) is 42.3. The third-order valence-electron chi connectivity index (χ3n) is 10.8. The zero-order chi connectivity index (χ0) is 41.3. The molecule has 3 aliphatic rings. The number of rotatable bonds is 17. The van der Waals surface area contributed by atoms with Crippen molar-refractivity contribution in [2.24, 2.45) is 0 Å². The Morgan fingerprint density at radius 3 is 1.70 bits per heavy atom. The molecule has 0 radical (unpaired) electrons. The van der Waals surface area contributed by atoms with Crippen LogP contribution in [0.1, 0.15) is 34.1 Å². The van der Waals surface area contributed by atoms with Gasteiger partial charge in [0.15, 0.2) is 18.9 Å². The average Bonchev–Trinajstić information content (AvgIpc) is 3.62. The van der Waals surface area contributed by atoms with Crippen molar-refractivity contribution in [1.82, 2.24) is 0 Å². The molecule has 5 aromatic rings. The molecule has 0 saturated carbocycles. The molecule has 0 spiro atoms. The molecule has 5 aromatic carbocycles. The molecule has 1 unspecified atom stereocenters. The lowest BCUT2D eigenvalue weighted by molar-refractivity contribution is -0.382. The van der Waals surface area contributed by atoms with Crippen molar-refractivity contribution in [2.45, 2.75) is 93.2 Å². The minimum atomic E-state index is -4.19. The Kier molecular flexibility index (Phi) is 14.1. The summed E-state index contributed by atoms with van der Waals surface area (Å²) in [6.45, 7) is 2.16. The summed E-state index contributed by atoms with van der Waals surface area (Å²) >= 11 is 0. The van der Waals surface area contributed by atoms with E-state index in [1.807, 2.05) is 121 Å². The molecule has 3 saturated heterocycles. The Balaban J connectivity index is 1.12. The van der Waals surface area contributed by atoms with Gasteiger partial charge in [-0.25, -0.2) is 0 Å². The fourth-order valence-electron chi connectivity index (χ4n) is 7.67. The molecular formula is C47H50O12S. The Bertz CT molecular complexity index is 2180. The van der Waals surface area contributed by atoms with Crippen molar-refractivity contribution in [3.05, 3.63) is 173 Å². The summed E-state index contributed by atoms with van der Waals surface area (Å²) < 4.78 is 91.9. The predicted octanol–water partition coefficient (Wildman–Crippen LogP) is 7.05. The van der Waals surface area contributed by atoms with E-state index in [1.165, 1.54) is 13.2 Å². The molecule has 12 nitrogen and oxygen atoms in total. The first-order valence-electron chi connectivity index (χ1n) is 20.1. The zero-order valence-electron chi connectivity index (χ0n) is 33.5. The van der Waals surface area contributed by atoms with E-state index >= 15 is 0 Å². The van der Waals surface area contributed by atoms with Crippen LogP contribution in [0, 0.1) is 6.92 Å². The number of benzene rings is 5. The third kappa shape index (κ3) is 10.2. The van der Waals surface area contributed by atoms with Crippen LogP contribution in [0.2, 0.25) is 0 Å². The lowest BCUT2D eigenvalue weighted by Gasteiger charge is -2.49. The van der Waals surface area contributed by atoms with Crippen LogP contribution >= 0.6 is 0 Å². The second-order valence-electron chi connectivity index (χ2n) is 14.9. The summed E-state index contributed by atoms with van der Waals surface area (Å²) in [4.78, 5) is 0.0648. The molecule has 316 valence electrons. The van der Waals surface area contributed by atoms with Crippen LogP contribution in [-0.2, 0) is 76.8 Å². The van der Waals surface area contributed by atoms with Crippen LogP contribution in [0.4, 0.5) is 0 Å². The Morgan fingerprint density at radius 2 is 1.12 bits per heavy atom. The van der Waals surface area contributed by atoms with Gasteiger partial charge < -0.3 is 42.6 Å². The van der Waals surface area contributed by atoms with Gasteiger partial charge in [-0.2, -0.15) is 8.42 Å². The largest absolute Gasteiger partial charge is 0.368 e. The molecule has 0 bridgehead atoms. The van der Waals surface area contributed by atoms with Crippen molar-refractivity contribution in [1.29, 1.82) is 0 Å². The molecule has 3 aliphatic heterocycles. The minimum Gasteiger partial charge on any atom is -0.368 e. The van der Waals surface area contributed by atoms with E-state index < -0.39 is 71.7 Å². The first-order chi connectivity index (χ1) is 29.4. The monoisotopic (exact) mass is 838 g/mol. The van der Waals surface area contributed by atoms with Crippen molar-refractivity contribution in [2.75, 3.05) is 20.3 Å². The van der Waals surface area contributed by atoms with Gasteiger partial charge in [-0.15, -0.1) is 0 Å². The van der Waals surface area contributed by atoms with E-state index in [1.54, 1.807) is 25.1 Å². The first-order valence-corrected chi connectivity index (χ1v) is 21.5. The van der Waals surface area contributed by atoms with Gasteiger partial charge in [0, 0.05) is 12.7 Å². The highest BCUT2D eigenvalue weighted by Crippen LogP contribution is 2.39. The fraction of sp³-hybridized carbons (Fsp3) is 0.362. The second-order valence-corrected chi connectivity index (χ2v) is 16.5. The molecule has 0 N–H and O–H groups in total. The van der Waals surface area contributed by atoms with Gasteiger partial charge >= 0.3 is 0 Å². The van der Waals surface area contributed by atoms with Gasteiger partial charge in [-0.1, -0.05) is 140 Å². The Hall–Kier alpha value is -4.35. The van der Waals surface area contributed by atoms with Crippen molar-refractivity contribution >= 4 is 10.1 Å². The maximum Gasteiger partial charge on any atom is 0.297 e. The lowest BCUT2D eigenvalue weighted by Crippen LogP contribution is -2.64. The highest BCUT2D eigenvalue weighted by Gasteiger charge is 2.55. The van der Waals surface area contributed by atoms with E-state index in [4.69, 9.17) is 46.8 Å². The number of fused-ring (bicyclic) bond motifs is 1. The molecule has 10 atom stereocenters. The molecule has 0 aliphatic carbocycles. The number of aryl methyl sites for hydroxylation is 1. The van der Waals surface area contributed by atoms with Crippen LogP contribution in [0.25, 0.3) is 0 Å². The van der Waals surface area contributed by atoms with Crippen LogP contribution in [0.3, 0.4) is 0 Å². The molecule has 3 heterocycles. The Labute approximate surface area is 351 Å². The quantitative estimate of drug-likeness (QED) is 0.0891. The van der Waals surface area contributed by atoms with Gasteiger partial charge in [0.1, 0.15) is 42.7 Å². The van der Waals surface area contributed by atoms with E-state index in [0.717, 1.165) is 22.3 Å². The molecule has 60 heavy (non-hydrogen) atoms. The van der Waals surface area contributed by atoms with Gasteiger partial charge in [-0.05, 0) is 35.2 Å². The van der Waals surface area contributed by atoms with Crippen LogP contribution in [0.15, 0.2) is 150 Å². The van der Waals surface area contributed by atoms with Crippen LogP contribution in [-0.4, -0.2) is 84.0 Å². The maximum atomic E-state index is 13.6. The standard InChI is InChI=1S/C47H50O12S/c1-32-17-15-16-26-39(32)60(48,49)55-31-38-40(51-27-33-18-7-3-8-19-33)43(53-29-35-22-11-5-12-23-35)47(57-38)59-44-42(52-28-34-20-9-4-10-21-34)41-37(56-46(44)50-2)30-54-45(58-41)36-24-13-6-14-25-36/h3-26,37-38,40-47H,27-31H2,1-2H3/t37-,38-,40+,41-,42+,43-,44+,45?,46+,47-/m1/s1. The van der Waals surface area contributed by atoms with Gasteiger partial charge in [0.05, 0.1) is 37.9 Å². The highest BCUT2D eigenvalue weighted by molar-refractivity contribution is 7.86. The topological polar surface area (TPSA) is 126 Å². The average molecular weight is 839 g/mol. The lowest BCUT2D eigenvalue weighted by atomic mass is 9.97. The van der Waals surface area contributed by atoms with E-state index in [-0.39, 0.29) is 37.9 Å². The zero-order valence-corrected chi connectivity index (χ0v) is 34.3. The summed E-state index contributed by atoms with van der Waals surface area (Å²) in [5.74, 6) is 0. The summed E-state index contributed by atoms with van der Waals surface area (Å²) in [5, 5.41) is 0. The fourth-order valence-corrected chi connectivity index (χ4v) is 8.82. The number of hydrogen-bond acceptors (Lipinski definition) is 12. The van der Waals surface area contributed by atoms with Crippen molar-refractivity contribution < 1.29 is 55.2 Å². The van der Waals surface area contributed by atoms with E-state index in [9.17, 15) is 8.42 Å². The van der Waals surface area contributed by atoms with Crippen molar-refractivity contribution in [3.63, 3.8) is 0 Å². The number of ether oxygens (including phenoxy) is 9. The number of methoxy groups -OCH3 is 1. The summed E-state index contributed by atoms with van der Waals surface area (Å²) in [7, 11) is -2.66. The molecule has 0 aromatic heterocycles. The molecule has 0 amide bonds. The smallest absolute Gasteiger partial charge is 0.297 e. The van der Waals surface area contributed by atoms with Gasteiger partial charge in [0.25, 0.3) is 10.1 Å². The minimum absolute atomic E-state index is 0.0648. The molecule has 3 fully saturated rings. The highest BCUT2D eigenvalue weighted by atomic mass is 32.2. The van der Waals surface area contributed by atoms with Gasteiger partial charge in [-0.3, -0.25) is 4.18 Å². The second kappa shape index (κ2) is 20.0. The number of hydrogen-bond donors (Lipinski definition) is 0. The molecular weight excluding hydrogens is 789 g/mol. The summed E-state index contributed by atoms with van der Waals surface area (Å²) in [6.07, 6.45) is -8.38. The predicted molar refractivity (Wildman–Crippen MR) is 219 cm³/mol. The van der Waals surface area contributed by atoms with E-state index in [0.29, 0.717) is 5.56 Å². The van der Waals surface area contributed by atoms with Crippen LogP contribution < -0.4 is 0 Å². The summed E-state index contributed by atoms with van der Waals surface area (Å²) in [6, 6.07) is 45.5. The normalized spacial score (nSPS) is 28.0. The molecule has 8 rings (SSSR count). The summed E-state index contributed by atoms with van der Waals surface area (Å²) in [5.41, 5.74) is 4.16.